The second-order valence-electron chi connectivity index (χ2n) is 14.7. The second kappa shape index (κ2) is 10.0. The van der Waals surface area contributed by atoms with Crippen molar-refractivity contribution in [1.29, 1.82) is 0 Å². The molecule has 0 atom stereocenters. The fraction of sp³-hybridized carbons (Fsp3) is 0.0200. The van der Waals surface area contributed by atoms with E-state index in [2.05, 4.69) is 196 Å². The lowest BCUT2D eigenvalue weighted by Gasteiger charge is -2.27. The summed E-state index contributed by atoms with van der Waals surface area (Å²) in [5.41, 5.74) is 16.3. The van der Waals surface area contributed by atoms with E-state index < -0.39 is 5.41 Å². The molecule has 4 heterocycles. The van der Waals surface area contributed by atoms with Crippen molar-refractivity contribution in [3.63, 3.8) is 0 Å². The Balaban J connectivity index is 1.16. The van der Waals surface area contributed by atoms with Crippen molar-refractivity contribution in [2.75, 3.05) is 0 Å². The zero-order valence-corrected chi connectivity index (χ0v) is 29.1. The number of fused-ring (bicyclic) bond motifs is 19. The Morgan fingerprint density at radius 2 is 0.907 bits per heavy atom. The quantitative estimate of drug-likeness (QED) is 0.178. The Kier molecular flexibility index (Phi) is 5.28. The number of rotatable bonds is 2. The number of nitrogens with zero attached hydrogens (tertiary/aromatic N) is 4. The maximum Gasteiger partial charge on any atom is 0.134 e. The molecule has 11 aromatic rings. The number of hydrogen-bond acceptors (Lipinski definition) is 1. The van der Waals surface area contributed by atoms with Gasteiger partial charge in [-0.05, 0) is 89.0 Å². The minimum Gasteiger partial charge on any atom is -0.309 e. The molecule has 1 spiro atoms. The fourth-order valence-electron chi connectivity index (χ4n) is 10.2. The molecule has 0 unspecified atom stereocenters. The maximum atomic E-state index is 5.48. The number of hydrogen-bond donors (Lipinski definition) is 0. The third-order valence-electron chi connectivity index (χ3n) is 12.2. The van der Waals surface area contributed by atoms with E-state index in [1.807, 2.05) is 0 Å². The maximum absolute atomic E-state index is 5.48. The van der Waals surface area contributed by atoms with Crippen LogP contribution in [0.15, 0.2) is 182 Å². The average molecular weight is 687 g/mol. The highest BCUT2D eigenvalue weighted by molar-refractivity contribution is 6.29. The zero-order chi connectivity index (χ0) is 35.1. The van der Waals surface area contributed by atoms with E-state index in [1.165, 1.54) is 77.1 Å². The average Bonchev–Trinajstić information content (AvgIpc) is 4.01. The molecule has 0 amide bonds. The van der Waals surface area contributed by atoms with E-state index in [9.17, 15) is 0 Å². The second-order valence-corrected chi connectivity index (χ2v) is 14.7. The number of para-hydroxylation sites is 5. The van der Waals surface area contributed by atoms with Gasteiger partial charge in [-0.15, -0.1) is 0 Å². The highest BCUT2D eigenvalue weighted by Crippen LogP contribution is 2.60. The van der Waals surface area contributed by atoms with Crippen LogP contribution in [0, 0.1) is 0 Å². The van der Waals surface area contributed by atoms with Gasteiger partial charge in [-0.2, -0.15) is 0 Å². The van der Waals surface area contributed by atoms with E-state index in [4.69, 9.17) is 4.98 Å². The Morgan fingerprint density at radius 1 is 0.370 bits per heavy atom. The zero-order valence-electron chi connectivity index (χ0n) is 29.1. The molecule has 0 N–H and O–H groups in total. The molecule has 2 aliphatic rings. The van der Waals surface area contributed by atoms with Crippen LogP contribution in [0.3, 0.4) is 0 Å². The molecular weight excluding hydrogens is 657 g/mol. The van der Waals surface area contributed by atoms with Crippen LogP contribution >= 0.6 is 0 Å². The predicted octanol–water partition coefficient (Wildman–Crippen LogP) is 11.9. The van der Waals surface area contributed by atoms with Crippen LogP contribution in [0.5, 0.6) is 0 Å². The van der Waals surface area contributed by atoms with Gasteiger partial charge in [0, 0.05) is 38.5 Å². The smallest absolute Gasteiger partial charge is 0.134 e. The molecule has 4 nitrogen and oxygen atoms in total. The van der Waals surface area contributed by atoms with Crippen LogP contribution in [0.1, 0.15) is 22.5 Å². The Bertz CT molecular complexity index is 3350. The molecule has 8 aromatic carbocycles. The van der Waals surface area contributed by atoms with Crippen LogP contribution in [0.4, 0.5) is 0 Å². The summed E-state index contributed by atoms with van der Waals surface area (Å²) in [5, 5.41) is 5.07. The van der Waals surface area contributed by atoms with E-state index in [1.54, 1.807) is 0 Å². The lowest BCUT2D eigenvalue weighted by Crippen LogP contribution is -2.27. The van der Waals surface area contributed by atoms with Crippen molar-refractivity contribution in [1.82, 2.24) is 18.7 Å². The Labute approximate surface area is 310 Å². The van der Waals surface area contributed by atoms with Crippen molar-refractivity contribution in [2.45, 2.75) is 5.41 Å². The standard InChI is InChI=1S/C50H30N4/c1-2-14-31(15-3-1)52-41-23-11-6-18-35(41)47-45(52)28-29-46-48(47)36-19-7-12-24-42(36)53(46)32-26-27-43-39(30-32)50(49-51-40-22-10-13-25-44(40)54(43)49)37-20-8-4-16-33(37)34-17-5-9-21-38(34)50/h1-30H. The lowest BCUT2D eigenvalue weighted by atomic mass is 9.73. The molecule has 0 saturated carbocycles. The first kappa shape index (κ1) is 28.4. The molecule has 0 bridgehead atoms. The van der Waals surface area contributed by atoms with Crippen molar-refractivity contribution in [3.8, 4) is 28.2 Å². The predicted molar refractivity (Wildman–Crippen MR) is 221 cm³/mol. The minimum absolute atomic E-state index is 0.563. The largest absolute Gasteiger partial charge is 0.309 e. The summed E-state index contributed by atoms with van der Waals surface area (Å²) in [6.45, 7) is 0. The third-order valence-corrected chi connectivity index (χ3v) is 12.2. The molecule has 13 rings (SSSR count). The van der Waals surface area contributed by atoms with Gasteiger partial charge in [0.05, 0.1) is 38.8 Å². The van der Waals surface area contributed by atoms with Crippen LogP contribution < -0.4 is 0 Å². The molecule has 1 aliphatic heterocycles. The first-order valence-electron chi connectivity index (χ1n) is 18.7. The van der Waals surface area contributed by atoms with Gasteiger partial charge in [-0.1, -0.05) is 115 Å². The molecular formula is C50H30N4. The van der Waals surface area contributed by atoms with Gasteiger partial charge in [-0.3, -0.25) is 4.57 Å². The third kappa shape index (κ3) is 3.29. The molecule has 0 fully saturated rings. The summed E-state index contributed by atoms with van der Waals surface area (Å²) in [6.07, 6.45) is 0. The monoisotopic (exact) mass is 686 g/mol. The molecule has 0 radical (unpaired) electrons. The molecule has 250 valence electrons. The van der Waals surface area contributed by atoms with E-state index >= 15 is 0 Å². The van der Waals surface area contributed by atoms with E-state index in [0.717, 1.165) is 28.2 Å². The van der Waals surface area contributed by atoms with Crippen molar-refractivity contribution in [3.05, 3.63) is 205 Å². The summed E-state index contributed by atoms with van der Waals surface area (Å²) in [4.78, 5) is 5.48. The van der Waals surface area contributed by atoms with Crippen LogP contribution in [0.2, 0.25) is 0 Å². The van der Waals surface area contributed by atoms with Gasteiger partial charge in [0.25, 0.3) is 0 Å². The van der Waals surface area contributed by atoms with Gasteiger partial charge < -0.3 is 9.13 Å². The Morgan fingerprint density at radius 3 is 1.57 bits per heavy atom. The first-order valence-corrected chi connectivity index (χ1v) is 18.7. The van der Waals surface area contributed by atoms with Crippen LogP contribution in [-0.4, -0.2) is 18.7 Å². The number of benzene rings is 8. The highest BCUT2D eigenvalue weighted by Gasteiger charge is 2.54. The normalized spacial score (nSPS) is 13.7. The van der Waals surface area contributed by atoms with Gasteiger partial charge in [0.15, 0.2) is 0 Å². The topological polar surface area (TPSA) is 27.7 Å². The van der Waals surface area contributed by atoms with E-state index in [0.29, 0.717) is 0 Å². The fourth-order valence-corrected chi connectivity index (χ4v) is 10.2. The van der Waals surface area contributed by atoms with Gasteiger partial charge in [0.1, 0.15) is 11.2 Å². The summed E-state index contributed by atoms with van der Waals surface area (Å²) in [6, 6.07) is 66.7. The SMILES string of the molecule is c1ccc(-n2c3ccccc3c3c4c5ccccc5n(-c5ccc6c(c5)C5(c7ccccc7-c7ccccc75)c5nc7ccccc7n5-6)c4ccc32)cc1. The summed E-state index contributed by atoms with van der Waals surface area (Å²) < 4.78 is 7.32. The van der Waals surface area contributed by atoms with Gasteiger partial charge in [0.2, 0.25) is 0 Å². The van der Waals surface area contributed by atoms with Crippen molar-refractivity contribution in [2.24, 2.45) is 0 Å². The van der Waals surface area contributed by atoms with Crippen molar-refractivity contribution >= 4 is 54.6 Å². The highest BCUT2D eigenvalue weighted by atomic mass is 15.1. The molecule has 3 aromatic heterocycles. The van der Waals surface area contributed by atoms with Crippen molar-refractivity contribution < 1.29 is 0 Å². The molecule has 54 heavy (non-hydrogen) atoms. The summed E-state index contributed by atoms with van der Waals surface area (Å²) in [7, 11) is 0. The molecule has 4 heteroatoms. The van der Waals surface area contributed by atoms with Crippen LogP contribution in [-0.2, 0) is 5.41 Å². The Hall–Kier alpha value is -7.17. The molecule has 1 aliphatic carbocycles. The van der Waals surface area contributed by atoms with Gasteiger partial charge >= 0.3 is 0 Å². The summed E-state index contributed by atoms with van der Waals surface area (Å²) >= 11 is 0. The molecule has 0 saturated heterocycles. The summed E-state index contributed by atoms with van der Waals surface area (Å²) in [5.74, 6) is 1.06. The van der Waals surface area contributed by atoms with E-state index in [-0.39, 0.29) is 0 Å². The van der Waals surface area contributed by atoms with Crippen LogP contribution in [0.25, 0.3) is 82.8 Å². The minimum atomic E-state index is -0.563. The van der Waals surface area contributed by atoms with Gasteiger partial charge in [-0.25, -0.2) is 4.98 Å². The number of imidazole rings is 1. The first-order chi connectivity index (χ1) is 26.8. The lowest BCUT2D eigenvalue weighted by molar-refractivity contribution is 0.737. The number of aromatic nitrogens is 4.